The van der Waals surface area contributed by atoms with E-state index in [1.54, 1.807) is 24.3 Å². The Kier molecular flexibility index (Phi) is 5.64. The summed E-state index contributed by atoms with van der Waals surface area (Å²) in [4.78, 5) is 14.5. The van der Waals surface area contributed by atoms with Gasteiger partial charge in [-0.15, -0.1) is 11.3 Å². The Morgan fingerprint density at radius 1 is 1.38 bits per heavy atom. The third-order valence-corrected chi connectivity index (χ3v) is 6.04. The number of phenols is 1. The summed E-state index contributed by atoms with van der Waals surface area (Å²) >= 11 is 1.05. The van der Waals surface area contributed by atoms with Crippen LogP contribution in [0.3, 0.4) is 0 Å². The van der Waals surface area contributed by atoms with Crippen molar-refractivity contribution in [3.05, 3.63) is 45.7 Å². The SMILES string of the molecule is N#C[C@@H]1C[C@@H](O)C(c2ccc(O)cc2)C1CCCc1nc(F)c(C=O)s1. The maximum absolute atomic E-state index is 13.4. The summed E-state index contributed by atoms with van der Waals surface area (Å²) < 4.78 is 13.4. The number of nitriles is 1. The molecule has 5 nitrogen and oxygen atoms in total. The number of carbonyl (C=O) groups is 1. The highest BCUT2D eigenvalue weighted by Gasteiger charge is 2.42. The molecule has 0 radical (unpaired) electrons. The van der Waals surface area contributed by atoms with Crippen molar-refractivity contribution in [3.8, 4) is 11.8 Å². The molecule has 1 aliphatic carbocycles. The van der Waals surface area contributed by atoms with Crippen molar-refractivity contribution in [2.24, 2.45) is 11.8 Å². The average molecular weight is 374 g/mol. The molecule has 1 saturated carbocycles. The number of hydrogen-bond acceptors (Lipinski definition) is 6. The van der Waals surface area contributed by atoms with E-state index in [4.69, 9.17) is 0 Å². The maximum atomic E-state index is 13.4. The number of aromatic hydroxyl groups is 1. The number of aromatic nitrogens is 1. The number of carbonyl (C=O) groups excluding carboxylic acids is 1. The lowest BCUT2D eigenvalue weighted by Gasteiger charge is -2.23. The highest BCUT2D eigenvalue weighted by Crippen LogP contribution is 2.46. The number of aliphatic hydroxyl groups excluding tert-OH is 1. The van der Waals surface area contributed by atoms with Gasteiger partial charge in [0.1, 0.15) is 10.6 Å². The van der Waals surface area contributed by atoms with Crippen LogP contribution in [0, 0.1) is 29.1 Å². The number of aryl methyl sites for hydroxylation is 1. The molecule has 1 aliphatic rings. The smallest absolute Gasteiger partial charge is 0.234 e. The first-order valence-corrected chi connectivity index (χ1v) is 9.32. The van der Waals surface area contributed by atoms with Gasteiger partial charge in [-0.2, -0.15) is 9.65 Å². The summed E-state index contributed by atoms with van der Waals surface area (Å²) in [5.74, 6) is -1.00. The summed E-state index contributed by atoms with van der Waals surface area (Å²) in [5, 5.41) is 29.9. The summed E-state index contributed by atoms with van der Waals surface area (Å²) in [6.07, 6.45) is 2.20. The molecular weight excluding hydrogens is 355 g/mol. The zero-order valence-corrected chi connectivity index (χ0v) is 14.8. The van der Waals surface area contributed by atoms with Crippen molar-refractivity contribution in [1.82, 2.24) is 4.98 Å². The Labute approximate surface area is 154 Å². The fourth-order valence-corrected chi connectivity index (χ4v) is 4.64. The van der Waals surface area contributed by atoms with Gasteiger partial charge in [-0.05, 0) is 49.3 Å². The third kappa shape index (κ3) is 3.76. The van der Waals surface area contributed by atoms with E-state index < -0.39 is 12.1 Å². The molecule has 0 aliphatic heterocycles. The molecule has 1 fully saturated rings. The van der Waals surface area contributed by atoms with Crippen LogP contribution in [0.1, 0.15) is 45.4 Å². The van der Waals surface area contributed by atoms with E-state index in [-0.39, 0.29) is 28.4 Å². The van der Waals surface area contributed by atoms with Crippen LogP contribution < -0.4 is 0 Å². The topological polar surface area (TPSA) is 94.2 Å². The molecule has 1 heterocycles. The Morgan fingerprint density at radius 2 is 2.12 bits per heavy atom. The Bertz CT molecular complexity index is 815. The number of aldehydes is 1. The molecule has 0 bridgehead atoms. The number of nitrogens with zero attached hydrogens (tertiary/aromatic N) is 2. The van der Waals surface area contributed by atoms with Gasteiger partial charge in [-0.25, -0.2) is 4.98 Å². The Hall–Kier alpha value is -2.30. The number of hydrogen-bond donors (Lipinski definition) is 2. The monoisotopic (exact) mass is 374 g/mol. The molecule has 1 aromatic carbocycles. The minimum atomic E-state index is -0.729. The average Bonchev–Trinajstić information content (AvgIpc) is 3.15. The van der Waals surface area contributed by atoms with E-state index in [9.17, 15) is 24.7 Å². The molecule has 0 spiro atoms. The van der Waals surface area contributed by atoms with Crippen LogP contribution in [0.4, 0.5) is 4.39 Å². The minimum absolute atomic E-state index is 0.00756. The first kappa shape index (κ1) is 18.5. The van der Waals surface area contributed by atoms with Gasteiger partial charge in [0.25, 0.3) is 0 Å². The van der Waals surface area contributed by atoms with Crippen LogP contribution in [0.5, 0.6) is 5.75 Å². The number of rotatable bonds is 6. The van der Waals surface area contributed by atoms with Crippen LogP contribution in [0.2, 0.25) is 0 Å². The number of halogens is 1. The van der Waals surface area contributed by atoms with Gasteiger partial charge in [0.05, 0.1) is 23.1 Å². The van der Waals surface area contributed by atoms with Gasteiger partial charge in [0.2, 0.25) is 5.95 Å². The van der Waals surface area contributed by atoms with Crippen molar-refractivity contribution in [2.45, 2.75) is 37.7 Å². The van der Waals surface area contributed by atoms with E-state index in [2.05, 4.69) is 11.1 Å². The molecule has 3 rings (SSSR count). The molecule has 1 aromatic heterocycles. The molecule has 26 heavy (non-hydrogen) atoms. The molecule has 4 atom stereocenters. The molecule has 7 heteroatoms. The van der Waals surface area contributed by atoms with Crippen molar-refractivity contribution < 1.29 is 19.4 Å². The van der Waals surface area contributed by atoms with Gasteiger partial charge in [-0.3, -0.25) is 4.79 Å². The number of thiazole rings is 1. The summed E-state index contributed by atoms with van der Waals surface area (Å²) in [5.41, 5.74) is 0.904. The zero-order chi connectivity index (χ0) is 18.7. The highest BCUT2D eigenvalue weighted by atomic mass is 32.1. The minimum Gasteiger partial charge on any atom is -0.508 e. The lowest BCUT2D eigenvalue weighted by molar-refractivity contribution is 0.112. The van der Waals surface area contributed by atoms with E-state index in [0.717, 1.165) is 16.9 Å². The van der Waals surface area contributed by atoms with Crippen molar-refractivity contribution >= 4 is 17.6 Å². The quantitative estimate of drug-likeness (QED) is 0.756. The lowest BCUT2D eigenvalue weighted by Crippen LogP contribution is -2.18. The third-order valence-electron chi connectivity index (χ3n) is 5.02. The molecule has 2 N–H and O–H groups in total. The summed E-state index contributed by atoms with van der Waals surface area (Å²) in [6, 6.07) is 9.02. The van der Waals surface area contributed by atoms with E-state index in [1.165, 1.54) is 0 Å². The lowest BCUT2D eigenvalue weighted by atomic mass is 9.81. The normalized spacial score (nSPS) is 25.1. The Morgan fingerprint density at radius 3 is 2.73 bits per heavy atom. The highest BCUT2D eigenvalue weighted by molar-refractivity contribution is 7.13. The Balaban J connectivity index is 1.70. The van der Waals surface area contributed by atoms with E-state index in [0.29, 0.717) is 37.0 Å². The van der Waals surface area contributed by atoms with E-state index >= 15 is 0 Å². The second kappa shape index (κ2) is 7.94. The molecule has 0 amide bonds. The predicted octanol–water partition coefficient (Wildman–Crippen LogP) is 3.43. The maximum Gasteiger partial charge on any atom is 0.234 e. The van der Waals surface area contributed by atoms with Crippen molar-refractivity contribution in [1.29, 1.82) is 5.26 Å². The molecule has 2 unspecified atom stereocenters. The van der Waals surface area contributed by atoms with Crippen LogP contribution in [-0.4, -0.2) is 27.6 Å². The second-order valence-corrected chi connectivity index (χ2v) is 7.71. The first-order valence-electron chi connectivity index (χ1n) is 8.50. The fourth-order valence-electron chi connectivity index (χ4n) is 3.84. The van der Waals surface area contributed by atoms with Gasteiger partial charge in [-0.1, -0.05) is 12.1 Å². The van der Waals surface area contributed by atoms with Crippen LogP contribution in [0.25, 0.3) is 0 Å². The molecule has 136 valence electrons. The molecular formula is C19H19FN2O3S. The van der Waals surface area contributed by atoms with Gasteiger partial charge in [0.15, 0.2) is 6.29 Å². The summed E-state index contributed by atoms with van der Waals surface area (Å²) in [7, 11) is 0. The zero-order valence-electron chi connectivity index (χ0n) is 14.0. The van der Waals surface area contributed by atoms with Crippen molar-refractivity contribution in [3.63, 3.8) is 0 Å². The number of benzene rings is 1. The first-order chi connectivity index (χ1) is 12.5. The summed E-state index contributed by atoms with van der Waals surface area (Å²) in [6.45, 7) is 0. The van der Waals surface area contributed by atoms with Gasteiger partial charge >= 0.3 is 0 Å². The number of phenolic OH excluding ortho intramolecular Hbond substituents is 1. The molecule has 0 saturated heterocycles. The fraction of sp³-hybridized carbons (Fsp3) is 0.421. The second-order valence-electron chi connectivity index (χ2n) is 6.59. The predicted molar refractivity (Wildman–Crippen MR) is 94.5 cm³/mol. The van der Waals surface area contributed by atoms with Crippen LogP contribution in [0.15, 0.2) is 24.3 Å². The van der Waals surface area contributed by atoms with Crippen LogP contribution in [-0.2, 0) is 6.42 Å². The standard InChI is InChI=1S/C19H19FN2O3S/c20-19-16(10-23)26-17(22-19)3-1-2-14-12(9-21)8-15(25)18(14)11-4-6-13(24)7-5-11/h4-7,10,12,14-15,18,24-25H,1-3,8H2/t12-,14?,15+,18?/m0/s1. The molecule has 2 aromatic rings. The van der Waals surface area contributed by atoms with Crippen molar-refractivity contribution in [2.75, 3.05) is 0 Å². The largest absolute Gasteiger partial charge is 0.508 e. The van der Waals surface area contributed by atoms with E-state index in [1.807, 2.05) is 0 Å². The number of aliphatic hydroxyl groups is 1. The van der Waals surface area contributed by atoms with Gasteiger partial charge in [0, 0.05) is 5.92 Å². The van der Waals surface area contributed by atoms with Crippen LogP contribution >= 0.6 is 11.3 Å². The van der Waals surface area contributed by atoms with Gasteiger partial charge < -0.3 is 10.2 Å².